The van der Waals surface area contributed by atoms with Gasteiger partial charge in [-0.2, -0.15) is 0 Å². The molecular weight excluding hydrogens is 424 g/mol. The first kappa shape index (κ1) is 23.1. The zero-order chi connectivity index (χ0) is 22.1. The maximum atomic E-state index is 7.01. The molecule has 30 heavy (non-hydrogen) atoms. The van der Waals surface area contributed by atoms with E-state index in [4.69, 9.17) is 20.5 Å². The molecule has 0 spiro atoms. The fourth-order valence-electron chi connectivity index (χ4n) is 7.43. The van der Waals surface area contributed by atoms with Gasteiger partial charge in [-0.15, -0.1) is 0 Å². The summed E-state index contributed by atoms with van der Waals surface area (Å²) >= 11 is 7.01. The van der Waals surface area contributed by atoms with Crippen LogP contribution in [0.4, 0.5) is 0 Å². The smallest absolute Gasteiger partial charge is 0.241 e. The molecule has 0 saturated heterocycles. The third-order valence-electron chi connectivity index (χ3n) is 8.66. The highest BCUT2D eigenvalue weighted by atomic mass is 35.5. The summed E-state index contributed by atoms with van der Waals surface area (Å²) in [5.74, 6) is 3.41. The summed E-state index contributed by atoms with van der Waals surface area (Å²) in [7, 11) is -3.15. The van der Waals surface area contributed by atoms with Crippen LogP contribution in [0.2, 0.25) is 39.3 Å². The summed E-state index contributed by atoms with van der Waals surface area (Å²) in [6.45, 7) is 18.9. The summed E-state index contributed by atoms with van der Waals surface area (Å²) in [5, 5.41) is 0.948. The number of fused-ring (bicyclic) bond motifs is 5. The normalized spacial score (nSPS) is 41.7. The average molecular weight is 467 g/mol. The molecule has 0 radical (unpaired) electrons. The molecule has 0 aromatic rings. The zero-order valence-electron chi connectivity index (χ0n) is 20.5. The molecule has 170 valence electrons. The summed E-state index contributed by atoms with van der Waals surface area (Å²) < 4.78 is 13.1. The van der Waals surface area contributed by atoms with Crippen LogP contribution in [0.5, 0.6) is 0 Å². The van der Waals surface area contributed by atoms with Crippen molar-refractivity contribution in [1.82, 2.24) is 0 Å². The molecule has 5 heteroatoms. The Labute approximate surface area is 192 Å². The Bertz CT molecular complexity index is 762. The molecule has 0 bridgehead atoms. The van der Waals surface area contributed by atoms with E-state index in [1.807, 2.05) is 0 Å². The minimum atomic E-state index is -1.64. The minimum absolute atomic E-state index is 0.214. The van der Waals surface area contributed by atoms with E-state index in [-0.39, 0.29) is 5.41 Å². The average Bonchev–Trinajstić information content (AvgIpc) is 2.92. The van der Waals surface area contributed by atoms with Crippen molar-refractivity contribution in [1.29, 1.82) is 0 Å². The molecule has 2 saturated carbocycles. The van der Waals surface area contributed by atoms with Gasteiger partial charge in [-0.3, -0.25) is 0 Å². The number of halogens is 1. The van der Waals surface area contributed by atoms with Crippen molar-refractivity contribution in [3.8, 4) is 0 Å². The maximum absolute atomic E-state index is 7.01. The Balaban J connectivity index is 1.62. The van der Waals surface area contributed by atoms with Crippen molar-refractivity contribution in [2.24, 2.45) is 28.6 Å². The van der Waals surface area contributed by atoms with Gasteiger partial charge in [0.25, 0.3) is 0 Å². The quantitative estimate of drug-likeness (QED) is 0.389. The van der Waals surface area contributed by atoms with Gasteiger partial charge in [0, 0.05) is 6.42 Å². The van der Waals surface area contributed by atoms with E-state index in [9.17, 15) is 0 Å². The molecule has 0 amide bonds. The fraction of sp³-hybridized carbons (Fsp3) is 0.840. The molecule has 4 aliphatic carbocycles. The van der Waals surface area contributed by atoms with Crippen molar-refractivity contribution in [2.45, 2.75) is 104 Å². The molecule has 0 aliphatic heterocycles. The Morgan fingerprint density at radius 2 is 1.63 bits per heavy atom. The zero-order valence-corrected chi connectivity index (χ0v) is 23.3. The highest BCUT2D eigenvalue weighted by molar-refractivity contribution is 6.70. The van der Waals surface area contributed by atoms with Crippen LogP contribution >= 0.6 is 11.6 Å². The number of hydrogen-bond acceptors (Lipinski definition) is 2. The molecule has 4 aliphatic rings. The molecular formula is C25H43ClO2Si2. The van der Waals surface area contributed by atoms with E-state index in [1.54, 1.807) is 0 Å². The van der Waals surface area contributed by atoms with Crippen LogP contribution in [0.15, 0.2) is 22.4 Å². The van der Waals surface area contributed by atoms with Crippen LogP contribution in [-0.2, 0) is 8.85 Å². The van der Waals surface area contributed by atoms with E-state index in [2.05, 4.69) is 59.2 Å². The van der Waals surface area contributed by atoms with E-state index >= 15 is 0 Å². The molecule has 6 unspecified atom stereocenters. The monoisotopic (exact) mass is 466 g/mol. The summed E-state index contributed by atoms with van der Waals surface area (Å²) in [6.07, 6.45) is 11.6. The van der Waals surface area contributed by atoms with Crippen LogP contribution in [0.25, 0.3) is 0 Å². The Kier molecular flexibility index (Phi) is 5.78. The minimum Gasteiger partial charge on any atom is -0.546 e. The lowest BCUT2D eigenvalue weighted by atomic mass is 9.48. The van der Waals surface area contributed by atoms with E-state index in [0.717, 1.165) is 35.0 Å². The van der Waals surface area contributed by atoms with Gasteiger partial charge in [-0.1, -0.05) is 31.5 Å². The van der Waals surface area contributed by atoms with Crippen LogP contribution in [0, 0.1) is 28.6 Å². The number of hydrogen-bond donors (Lipinski definition) is 0. The SMILES string of the molecule is CC12CCC(O[Si](C)(C)C)=C(Cl)C1=CCC1C2CCC2(C)C(O[Si](C)(C)C)CCC12. The van der Waals surface area contributed by atoms with E-state index < -0.39 is 16.6 Å². The van der Waals surface area contributed by atoms with Gasteiger partial charge in [0.1, 0.15) is 0 Å². The first-order valence-electron chi connectivity index (χ1n) is 12.2. The Morgan fingerprint density at radius 3 is 2.27 bits per heavy atom. The summed E-state index contributed by atoms with van der Waals surface area (Å²) in [5.41, 5.74) is 1.98. The van der Waals surface area contributed by atoms with Crippen LogP contribution in [0.3, 0.4) is 0 Å². The van der Waals surface area contributed by atoms with Crippen molar-refractivity contribution >= 4 is 28.2 Å². The van der Waals surface area contributed by atoms with E-state index in [1.165, 1.54) is 44.1 Å². The highest BCUT2D eigenvalue weighted by Crippen LogP contribution is 2.66. The van der Waals surface area contributed by atoms with Gasteiger partial charge in [0.15, 0.2) is 8.32 Å². The molecule has 2 nitrogen and oxygen atoms in total. The molecule has 0 heterocycles. The molecule has 0 aromatic carbocycles. The fourth-order valence-corrected chi connectivity index (χ4v) is 10.1. The van der Waals surface area contributed by atoms with Crippen LogP contribution in [0.1, 0.15) is 58.8 Å². The van der Waals surface area contributed by atoms with Gasteiger partial charge >= 0.3 is 0 Å². The number of rotatable bonds is 4. The second-order valence-corrected chi connectivity index (χ2v) is 22.2. The Hall–Kier alpha value is -0.0362. The van der Waals surface area contributed by atoms with Crippen molar-refractivity contribution < 1.29 is 8.85 Å². The standard InChI is InChI=1S/C25H43ClO2Si2/c1-24-16-14-21(27-29(3,4)5)23(26)20(24)10-9-17-18-11-12-22(28-30(6,7)8)25(18,2)15-13-19(17)24/h10,17-19,22H,9,11-16H2,1-8H3. The van der Waals surface area contributed by atoms with Gasteiger partial charge < -0.3 is 8.85 Å². The largest absolute Gasteiger partial charge is 0.546 e. The second-order valence-electron chi connectivity index (χ2n) is 12.9. The second kappa shape index (κ2) is 7.50. The predicted octanol–water partition coefficient (Wildman–Crippen LogP) is 8.08. The van der Waals surface area contributed by atoms with Gasteiger partial charge in [-0.25, -0.2) is 0 Å². The molecule has 4 rings (SSSR count). The lowest BCUT2D eigenvalue weighted by Crippen LogP contribution is -2.52. The topological polar surface area (TPSA) is 18.5 Å². The molecule has 0 aromatic heterocycles. The maximum Gasteiger partial charge on any atom is 0.241 e. The third-order valence-corrected chi connectivity index (χ3v) is 10.9. The van der Waals surface area contributed by atoms with Gasteiger partial charge in [0.05, 0.1) is 16.9 Å². The van der Waals surface area contributed by atoms with Crippen molar-refractivity contribution in [3.05, 3.63) is 22.4 Å². The van der Waals surface area contributed by atoms with E-state index in [0.29, 0.717) is 11.5 Å². The molecule has 6 atom stereocenters. The third kappa shape index (κ3) is 3.93. The summed E-state index contributed by atoms with van der Waals surface area (Å²) in [4.78, 5) is 0. The molecule has 2 fully saturated rings. The van der Waals surface area contributed by atoms with Crippen LogP contribution < -0.4 is 0 Å². The van der Waals surface area contributed by atoms with Crippen LogP contribution in [-0.4, -0.2) is 22.7 Å². The van der Waals surface area contributed by atoms with Crippen molar-refractivity contribution in [2.75, 3.05) is 0 Å². The van der Waals surface area contributed by atoms with Gasteiger partial charge in [0.2, 0.25) is 8.32 Å². The van der Waals surface area contributed by atoms with Gasteiger partial charge in [-0.05, 0) is 112 Å². The Morgan fingerprint density at radius 1 is 0.933 bits per heavy atom. The first-order valence-corrected chi connectivity index (χ1v) is 19.4. The summed E-state index contributed by atoms with van der Waals surface area (Å²) in [6, 6.07) is 0. The van der Waals surface area contributed by atoms with Crippen molar-refractivity contribution in [3.63, 3.8) is 0 Å². The highest BCUT2D eigenvalue weighted by Gasteiger charge is 2.59. The first-order chi connectivity index (χ1) is 13.7. The lowest BCUT2D eigenvalue weighted by Gasteiger charge is -2.57. The predicted molar refractivity (Wildman–Crippen MR) is 133 cm³/mol. The molecule has 0 N–H and O–H groups in total. The number of allylic oxidation sites excluding steroid dienone is 4. The lowest BCUT2D eigenvalue weighted by molar-refractivity contribution is -0.0581.